The minimum Gasteiger partial charge on any atom is -0.294 e. The van der Waals surface area contributed by atoms with E-state index in [1.54, 1.807) is 0 Å². The molecule has 0 aliphatic carbocycles. The van der Waals surface area contributed by atoms with Gasteiger partial charge in [-0.3, -0.25) is 5.32 Å². The van der Waals surface area contributed by atoms with E-state index in [1.165, 1.54) is 5.08 Å². The van der Waals surface area contributed by atoms with Crippen LogP contribution in [0.2, 0.25) is 0 Å². The van der Waals surface area contributed by atoms with Crippen LogP contribution in [0.1, 0.15) is 34.6 Å². The first kappa shape index (κ1) is 12.7. The van der Waals surface area contributed by atoms with Gasteiger partial charge in [0.1, 0.15) is 0 Å². The Bertz CT molecular complexity index is 102. The van der Waals surface area contributed by atoms with E-state index in [0.717, 1.165) is 11.8 Å². The Labute approximate surface area is 85.5 Å². The first-order valence-corrected chi connectivity index (χ1v) is 6.55. The van der Waals surface area contributed by atoms with Crippen molar-refractivity contribution < 1.29 is 0 Å². The number of rotatable bonds is 0. The maximum atomic E-state index is 3.38. The van der Waals surface area contributed by atoms with Crippen LogP contribution in [0.25, 0.3) is 0 Å². The quantitative estimate of drug-likeness (QED) is 0.654. The molecule has 1 heterocycles. The van der Waals surface area contributed by atoms with Gasteiger partial charge in [-0.05, 0) is 19.8 Å². The third-order valence-corrected chi connectivity index (χ3v) is 3.46. The van der Waals surface area contributed by atoms with Gasteiger partial charge in [0, 0.05) is 11.0 Å². The lowest BCUT2D eigenvalue weighted by molar-refractivity contribution is 0.595. The lowest BCUT2D eigenvalue weighted by atomic mass is 10.3. The lowest BCUT2D eigenvalue weighted by Crippen LogP contribution is -2.38. The van der Waals surface area contributed by atoms with Crippen molar-refractivity contribution in [3.63, 3.8) is 0 Å². The maximum absolute atomic E-state index is 3.38. The van der Waals surface area contributed by atoms with Crippen molar-refractivity contribution in [1.29, 1.82) is 0 Å². The molecule has 0 aromatic heterocycles. The summed E-state index contributed by atoms with van der Waals surface area (Å²) in [5, 5.41) is 4.62. The zero-order chi connectivity index (χ0) is 9.61. The van der Waals surface area contributed by atoms with Crippen LogP contribution in [0, 0.1) is 5.92 Å². The van der Waals surface area contributed by atoms with Crippen LogP contribution in [0.5, 0.6) is 0 Å². The Hall–Kier alpha value is 0.660. The fourth-order valence-corrected chi connectivity index (χ4v) is 3.08. The van der Waals surface area contributed by atoms with Crippen molar-refractivity contribution in [3.05, 3.63) is 0 Å². The van der Waals surface area contributed by atoms with Gasteiger partial charge in [-0.2, -0.15) is 0 Å². The van der Waals surface area contributed by atoms with Crippen molar-refractivity contribution in [2.24, 2.45) is 5.92 Å². The molecule has 1 rings (SSSR count). The highest BCUT2D eigenvalue weighted by Gasteiger charge is 2.19. The molecule has 1 aliphatic heterocycles. The second-order valence-electron chi connectivity index (χ2n) is 4.03. The van der Waals surface area contributed by atoms with Gasteiger partial charge in [0.25, 0.3) is 0 Å². The summed E-state index contributed by atoms with van der Waals surface area (Å²) in [7, 11) is 0. The van der Waals surface area contributed by atoms with Crippen LogP contribution in [0.15, 0.2) is 0 Å². The van der Waals surface area contributed by atoms with E-state index in [-0.39, 0.29) is 0 Å². The average Bonchev–Trinajstić information content (AvgIpc) is 1.85. The molecule has 3 heteroatoms. The van der Waals surface area contributed by atoms with E-state index >= 15 is 0 Å². The van der Waals surface area contributed by atoms with Crippen molar-refractivity contribution in [2.75, 3.05) is 11.0 Å². The molecule has 1 fully saturated rings. The van der Waals surface area contributed by atoms with Gasteiger partial charge in [0.2, 0.25) is 0 Å². The third-order valence-electron chi connectivity index (χ3n) is 1.10. The topological polar surface area (TPSA) is 12.0 Å². The maximum Gasteiger partial charge on any atom is 0.0602 e. The summed E-state index contributed by atoms with van der Waals surface area (Å²) in [6, 6.07) is 0. The normalized spacial score (nSPS) is 21.5. The Morgan fingerprint density at radius 1 is 1.25 bits per heavy atom. The van der Waals surface area contributed by atoms with Gasteiger partial charge >= 0.3 is 0 Å². The van der Waals surface area contributed by atoms with Crippen molar-refractivity contribution in [3.8, 4) is 0 Å². The molecule has 74 valence electrons. The highest BCUT2D eigenvalue weighted by atomic mass is 32.2. The van der Waals surface area contributed by atoms with Crippen LogP contribution < -0.4 is 5.32 Å². The molecule has 0 spiro atoms. The second-order valence-corrected chi connectivity index (χ2v) is 6.98. The van der Waals surface area contributed by atoms with Gasteiger partial charge in [-0.1, -0.05) is 20.8 Å². The molecule has 1 nitrogen and oxygen atoms in total. The molecule has 1 N–H and O–H groups in total. The summed E-state index contributed by atoms with van der Waals surface area (Å²) >= 11 is 3.92. The SMILES string of the molecule is CC(C)C.CC1(C)NCSCS1. The van der Waals surface area contributed by atoms with E-state index in [1.807, 2.05) is 23.5 Å². The smallest absolute Gasteiger partial charge is 0.0602 e. The molecule has 0 radical (unpaired) electrons. The molecule has 1 aliphatic rings. The van der Waals surface area contributed by atoms with Gasteiger partial charge in [0.15, 0.2) is 0 Å². The van der Waals surface area contributed by atoms with Crippen LogP contribution in [0.3, 0.4) is 0 Å². The molecule has 0 aromatic carbocycles. The second kappa shape index (κ2) is 6.17. The summed E-state index contributed by atoms with van der Waals surface area (Å²) in [5.74, 6) is 1.94. The fraction of sp³-hybridized carbons (Fsp3) is 1.00. The molecule has 12 heavy (non-hydrogen) atoms. The number of thioether (sulfide) groups is 2. The molecule has 0 atom stereocenters. The predicted octanol–water partition coefficient (Wildman–Crippen LogP) is 3.37. The fourth-order valence-electron chi connectivity index (χ4n) is 0.507. The highest BCUT2D eigenvalue weighted by Crippen LogP contribution is 2.29. The number of nitrogens with one attached hydrogen (secondary N) is 1. The van der Waals surface area contributed by atoms with Gasteiger partial charge in [0.05, 0.1) is 4.87 Å². The number of hydrogen-bond acceptors (Lipinski definition) is 3. The Morgan fingerprint density at radius 3 is 1.92 bits per heavy atom. The van der Waals surface area contributed by atoms with E-state index in [4.69, 9.17) is 0 Å². The largest absolute Gasteiger partial charge is 0.294 e. The summed E-state index contributed by atoms with van der Waals surface area (Å²) in [6.45, 7) is 10.9. The summed E-state index contributed by atoms with van der Waals surface area (Å²) in [4.78, 5) is 0.325. The molecule has 0 aromatic rings. The van der Waals surface area contributed by atoms with Crippen molar-refractivity contribution in [2.45, 2.75) is 39.5 Å². The molecule has 0 amide bonds. The van der Waals surface area contributed by atoms with E-state index < -0.39 is 0 Å². The first-order chi connectivity index (χ1) is 5.44. The third kappa shape index (κ3) is 8.75. The minimum atomic E-state index is 0.325. The van der Waals surface area contributed by atoms with Crippen molar-refractivity contribution in [1.82, 2.24) is 5.32 Å². The predicted molar refractivity (Wildman–Crippen MR) is 62.6 cm³/mol. The molecular formula is C9H21NS2. The Balaban J connectivity index is 0.000000261. The summed E-state index contributed by atoms with van der Waals surface area (Å²) in [6.07, 6.45) is 0. The zero-order valence-electron chi connectivity index (χ0n) is 8.81. The van der Waals surface area contributed by atoms with Crippen molar-refractivity contribution >= 4 is 23.5 Å². The van der Waals surface area contributed by atoms with Crippen LogP contribution in [-0.2, 0) is 0 Å². The molecule has 0 unspecified atom stereocenters. The van der Waals surface area contributed by atoms with Gasteiger partial charge in [-0.25, -0.2) is 0 Å². The minimum absolute atomic E-state index is 0.325. The summed E-state index contributed by atoms with van der Waals surface area (Å²) in [5.41, 5.74) is 0. The monoisotopic (exact) mass is 207 g/mol. The average molecular weight is 207 g/mol. The van der Waals surface area contributed by atoms with E-state index in [2.05, 4.69) is 39.9 Å². The van der Waals surface area contributed by atoms with Gasteiger partial charge < -0.3 is 0 Å². The Morgan fingerprint density at radius 2 is 1.75 bits per heavy atom. The molecular weight excluding hydrogens is 186 g/mol. The zero-order valence-corrected chi connectivity index (χ0v) is 10.4. The van der Waals surface area contributed by atoms with Gasteiger partial charge in [-0.15, -0.1) is 23.5 Å². The lowest BCUT2D eigenvalue weighted by Gasteiger charge is -2.29. The molecule has 0 saturated carbocycles. The highest BCUT2D eigenvalue weighted by molar-refractivity contribution is 8.17. The Kier molecular flexibility index (Phi) is 6.50. The molecule has 0 bridgehead atoms. The van der Waals surface area contributed by atoms with Crippen LogP contribution >= 0.6 is 23.5 Å². The first-order valence-electron chi connectivity index (χ1n) is 4.41. The van der Waals surface area contributed by atoms with E-state index in [9.17, 15) is 0 Å². The summed E-state index contributed by atoms with van der Waals surface area (Å²) < 4.78 is 0. The number of hydrogen-bond donors (Lipinski definition) is 1. The molecule has 1 saturated heterocycles. The van der Waals surface area contributed by atoms with E-state index in [0.29, 0.717) is 4.87 Å². The van der Waals surface area contributed by atoms with Crippen LogP contribution in [-0.4, -0.2) is 15.8 Å². The van der Waals surface area contributed by atoms with Crippen LogP contribution in [0.4, 0.5) is 0 Å². The standard InChI is InChI=1S/C5H11NS2.C4H10/c1-5(2)6-3-7-4-8-5;1-4(2)3/h6H,3-4H2,1-2H3;4H,1-3H3.